The maximum absolute atomic E-state index is 5.69. The van der Waals surface area contributed by atoms with Gasteiger partial charge in [-0.3, -0.25) is 0 Å². The molecule has 0 atom stereocenters. The van der Waals surface area contributed by atoms with Gasteiger partial charge in [-0.25, -0.2) is 4.98 Å². The third-order valence-corrected chi connectivity index (χ3v) is 2.83. The highest BCUT2D eigenvalue weighted by molar-refractivity contribution is 5.20. The summed E-state index contributed by atoms with van der Waals surface area (Å²) in [5, 5.41) is 3.39. The molecule has 1 aromatic carbocycles. The summed E-state index contributed by atoms with van der Waals surface area (Å²) in [5.41, 5.74) is 1.19. The molecule has 0 bridgehead atoms. The van der Waals surface area contributed by atoms with Gasteiger partial charge in [0.25, 0.3) is 0 Å². The van der Waals surface area contributed by atoms with E-state index in [-0.39, 0.29) is 0 Å². The zero-order chi connectivity index (χ0) is 13.5. The van der Waals surface area contributed by atoms with Crippen LogP contribution in [0.25, 0.3) is 0 Å². The summed E-state index contributed by atoms with van der Waals surface area (Å²) >= 11 is 0. The Labute approximate surface area is 114 Å². The molecular formula is C15H21N3O. The van der Waals surface area contributed by atoms with Crippen molar-refractivity contribution >= 4 is 0 Å². The minimum absolute atomic E-state index is 0.476. The molecular weight excluding hydrogens is 238 g/mol. The van der Waals surface area contributed by atoms with Crippen molar-refractivity contribution in [2.45, 2.75) is 33.0 Å². The molecule has 0 spiro atoms. The van der Waals surface area contributed by atoms with Crippen LogP contribution in [0.3, 0.4) is 0 Å². The Morgan fingerprint density at radius 2 is 2.05 bits per heavy atom. The first-order chi connectivity index (χ1) is 9.25. The van der Waals surface area contributed by atoms with Crippen LogP contribution < -0.4 is 10.1 Å². The highest BCUT2D eigenvalue weighted by Crippen LogP contribution is 2.08. The number of aromatic nitrogens is 2. The topological polar surface area (TPSA) is 39.1 Å². The fraction of sp³-hybridized carbons (Fsp3) is 0.400. The Hall–Kier alpha value is -1.81. The van der Waals surface area contributed by atoms with Crippen LogP contribution >= 0.6 is 0 Å². The van der Waals surface area contributed by atoms with E-state index in [1.54, 1.807) is 0 Å². The first kappa shape index (κ1) is 13.6. The summed E-state index contributed by atoms with van der Waals surface area (Å²) < 4.78 is 7.81. The summed E-state index contributed by atoms with van der Waals surface area (Å²) in [6.45, 7) is 6.57. The maximum atomic E-state index is 5.69. The number of imidazole rings is 1. The SMILES string of the molecule is CC(C)NCc1cncn1CCOc1ccccc1. The summed E-state index contributed by atoms with van der Waals surface area (Å²) in [7, 11) is 0. The average Bonchev–Trinajstić information content (AvgIpc) is 2.85. The standard InChI is InChI=1S/C15H21N3O/c1-13(2)17-11-14-10-16-12-18(14)8-9-19-15-6-4-3-5-7-15/h3-7,10,12-13,17H,8-9,11H2,1-2H3. The van der Waals surface area contributed by atoms with Crippen LogP contribution in [0.1, 0.15) is 19.5 Å². The zero-order valence-corrected chi connectivity index (χ0v) is 11.5. The third-order valence-electron chi connectivity index (χ3n) is 2.83. The molecule has 0 saturated heterocycles. The van der Waals surface area contributed by atoms with E-state index in [2.05, 4.69) is 28.7 Å². The quantitative estimate of drug-likeness (QED) is 0.830. The van der Waals surface area contributed by atoms with Gasteiger partial charge in [-0.1, -0.05) is 32.0 Å². The normalized spacial score (nSPS) is 10.9. The lowest BCUT2D eigenvalue weighted by Gasteiger charge is -2.12. The minimum atomic E-state index is 0.476. The van der Waals surface area contributed by atoms with Gasteiger partial charge in [0.1, 0.15) is 12.4 Å². The number of hydrogen-bond acceptors (Lipinski definition) is 3. The summed E-state index contributed by atoms with van der Waals surface area (Å²) in [5.74, 6) is 0.907. The van der Waals surface area contributed by atoms with Gasteiger partial charge in [0, 0.05) is 18.8 Å². The smallest absolute Gasteiger partial charge is 0.119 e. The molecule has 2 rings (SSSR count). The molecule has 0 aliphatic rings. The lowest BCUT2D eigenvalue weighted by atomic mass is 10.3. The van der Waals surface area contributed by atoms with E-state index in [9.17, 15) is 0 Å². The Morgan fingerprint density at radius 1 is 1.26 bits per heavy atom. The molecule has 2 aromatic rings. The van der Waals surface area contributed by atoms with E-state index in [4.69, 9.17) is 4.74 Å². The average molecular weight is 259 g/mol. The highest BCUT2D eigenvalue weighted by atomic mass is 16.5. The van der Waals surface area contributed by atoms with E-state index in [0.29, 0.717) is 12.6 Å². The Kier molecular flexibility index (Phi) is 4.98. The van der Waals surface area contributed by atoms with Crippen LogP contribution in [0.4, 0.5) is 0 Å². The van der Waals surface area contributed by atoms with Crippen molar-refractivity contribution in [3.05, 3.63) is 48.5 Å². The molecule has 0 saturated carbocycles. The van der Waals surface area contributed by atoms with Gasteiger partial charge in [-0.05, 0) is 12.1 Å². The molecule has 0 amide bonds. The lowest BCUT2D eigenvalue weighted by molar-refractivity contribution is 0.296. The van der Waals surface area contributed by atoms with Gasteiger partial charge in [0.15, 0.2) is 0 Å². The first-order valence-electron chi connectivity index (χ1n) is 6.66. The number of hydrogen-bond donors (Lipinski definition) is 1. The second kappa shape index (κ2) is 6.95. The zero-order valence-electron chi connectivity index (χ0n) is 11.5. The predicted molar refractivity (Wildman–Crippen MR) is 76.1 cm³/mol. The van der Waals surface area contributed by atoms with Crippen molar-refractivity contribution < 1.29 is 4.74 Å². The van der Waals surface area contributed by atoms with Gasteiger partial charge >= 0.3 is 0 Å². The van der Waals surface area contributed by atoms with E-state index in [1.807, 2.05) is 42.9 Å². The number of para-hydroxylation sites is 1. The summed E-state index contributed by atoms with van der Waals surface area (Å²) in [6.07, 6.45) is 3.75. The lowest BCUT2D eigenvalue weighted by Crippen LogP contribution is -2.24. The Morgan fingerprint density at radius 3 is 2.79 bits per heavy atom. The molecule has 0 aliphatic heterocycles. The van der Waals surface area contributed by atoms with Gasteiger partial charge in [0.05, 0.1) is 18.6 Å². The number of benzene rings is 1. The van der Waals surface area contributed by atoms with Crippen LogP contribution in [0.2, 0.25) is 0 Å². The van der Waals surface area contributed by atoms with E-state index in [1.165, 1.54) is 5.69 Å². The molecule has 4 heteroatoms. The Bertz CT molecular complexity index is 479. The molecule has 0 radical (unpaired) electrons. The van der Waals surface area contributed by atoms with Gasteiger partial charge in [-0.15, -0.1) is 0 Å². The Balaban J connectivity index is 1.81. The van der Waals surface area contributed by atoms with Gasteiger partial charge in [-0.2, -0.15) is 0 Å². The molecule has 19 heavy (non-hydrogen) atoms. The van der Waals surface area contributed by atoms with Crippen LogP contribution in [0, 0.1) is 0 Å². The monoisotopic (exact) mass is 259 g/mol. The van der Waals surface area contributed by atoms with Crippen molar-refractivity contribution in [3.63, 3.8) is 0 Å². The fourth-order valence-electron chi connectivity index (χ4n) is 1.78. The van der Waals surface area contributed by atoms with E-state index < -0.39 is 0 Å². The first-order valence-corrected chi connectivity index (χ1v) is 6.66. The van der Waals surface area contributed by atoms with Crippen molar-refractivity contribution in [1.82, 2.24) is 14.9 Å². The molecule has 102 valence electrons. The van der Waals surface area contributed by atoms with Gasteiger partial charge in [0.2, 0.25) is 0 Å². The molecule has 0 aliphatic carbocycles. The maximum Gasteiger partial charge on any atom is 0.119 e. The van der Waals surface area contributed by atoms with Crippen LogP contribution in [-0.4, -0.2) is 22.2 Å². The number of ether oxygens (including phenoxy) is 1. The number of nitrogens with one attached hydrogen (secondary N) is 1. The summed E-state index contributed by atoms with van der Waals surface area (Å²) in [6, 6.07) is 10.3. The minimum Gasteiger partial charge on any atom is -0.492 e. The van der Waals surface area contributed by atoms with Crippen molar-refractivity contribution in [2.75, 3.05) is 6.61 Å². The largest absolute Gasteiger partial charge is 0.492 e. The third kappa shape index (κ3) is 4.41. The van der Waals surface area contributed by atoms with Crippen molar-refractivity contribution in [1.29, 1.82) is 0 Å². The highest BCUT2D eigenvalue weighted by Gasteiger charge is 2.03. The second-order valence-electron chi connectivity index (χ2n) is 4.78. The molecule has 1 heterocycles. The molecule has 0 fully saturated rings. The number of nitrogens with zero attached hydrogens (tertiary/aromatic N) is 2. The van der Waals surface area contributed by atoms with E-state index in [0.717, 1.165) is 18.8 Å². The molecule has 4 nitrogen and oxygen atoms in total. The van der Waals surface area contributed by atoms with Crippen LogP contribution in [-0.2, 0) is 13.1 Å². The molecule has 1 aromatic heterocycles. The molecule has 0 unspecified atom stereocenters. The fourth-order valence-corrected chi connectivity index (χ4v) is 1.78. The van der Waals surface area contributed by atoms with Crippen LogP contribution in [0.5, 0.6) is 5.75 Å². The van der Waals surface area contributed by atoms with Gasteiger partial charge < -0.3 is 14.6 Å². The molecule has 1 N–H and O–H groups in total. The van der Waals surface area contributed by atoms with Crippen LogP contribution in [0.15, 0.2) is 42.9 Å². The summed E-state index contributed by atoms with van der Waals surface area (Å²) in [4.78, 5) is 4.19. The second-order valence-corrected chi connectivity index (χ2v) is 4.78. The van der Waals surface area contributed by atoms with E-state index >= 15 is 0 Å². The van der Waals surface area contributed by atoms with Crippen molar-refractivity contribution in [2.24, 2.45) is 0 Å². The predicted octanol–water partition coefficient (Wildman–Crippen LogP) is 2.46. The van der Waals surface area contributed by atoms with Crippen molar-refractivity contribution in [3.8, 4) is 5.75 Å². The number of rotatable bonds is 7.